The highest BCUT2D eigenvalue weighted by Gasteiger charge is 2.32. The van der Waals surface area contributed by atoms with Gasteiger partial charge in [0, 0.05) is 24.6 Å². The van der Waals surface area contributed by atoms with Gasteiger partial charge in [-0.15, -0.1) is 0 Å². The van der Waals surface area contributed by atoms with Gasteiger partial charge in [-0.25, -0.2) is 0 Å². The van der Waals surface area contributed by atoms with E-state index in [0.29, 0.717) is 5.90 Å². The predicted octanol–water partition coefficient (Wildman–Crippen LogP) is 6.87. The molecule has 0 aromatic carbocycles. The number of hydrogen-bond donors (Lipinski definition) is 0. The van der Waals surface area contributed by atoms with E-state index < -0.39 is 14.3 Å². The lowest BCUT2D eigenvalue weighted by Crippen LogP contribution is -2.06. The standard InChI is InChI=1S/C17H38O2P2/c1-5-9-13-20(18,14-10-6-2)17-21(19,15-11-7-3)16-12-8-4/h5-17H2,1-4H3. The second-order valence-corrected chi connectivity index (χ2v) is 13.7. The lowest BCUT2D eigenvalue weighted by molar-refractivity contribution is 0.563. The van der Waals surface area contributed by atoms with Crippen LogP contribution >= 0.6 is 14.3 Å². The van der Waals surface area contributed by atoms with Crippen LogP contribution in [-0.2, 0) is 9.13 Å². The van der Waals surface area contributed by atoms with Crippen LogP contribution < -0.4 is 0 Å². The van der Waals surface area contributed by atoms with Crippen LogP contribution in [0.2, 0.25) is 0 Å². The minimum atomic E-state index is -2.22. The third-order valence-corrected chi connectivity index (χ3v) is 12.8. The minimum absolute atomic E-state index is 0.569. The molecule has 0 aliphatic heterocycles. The van der Waals surface area contributed by atoms with Gasteiger partial charge in [-0.1, -0.05) is 53.4 Å². The van der Waals surface area contributed by atoms with E-state index >= 15 is 0 Å². The third kappa shape index (κ3) is 9.96. The minimum Gasteiger partial charge on any atom is -0.323 e. The van der Waals surface area contributed by atoms with E-state index in [9.17, 15) is 9.13 Å². The van der Waals surface area contributed by atoms with E-state index in [1.54, 1.807) is 0 Å². The molecule has 0 atom stereocenters. The van der Waals surface area contributed by atoms with Gasteiger partial charge in [0.1, 0.15) is 0 Å². The molecule has 0 spiro atoms. The van der Waals surface area contributed by atoms with Crippen molar-refractivity contribution in [2.75, 3.05) is 30.6 Å². The smallest absolute Gasteiger partial charge is 0.0947 e. The zero-order valence-corrected chi connectivity index (χ0v) is 16.7. The first-order valence-electron chi connectivity index (χ1n) is 9.09. The summed E-state index contributed by atoms with van der Waals surface area (Å²) in [7, 11) is -4.43. The van der Waals surface area contributed by atoms with Gasteiger partial charge in [0.2, 0.25) is 0 Å². The van der Waals surface area contributed by atoms with Crippen LogP contribution in [0.25, 0.3) is 0 Å². The Hall–Kier alpha value is 0.460. The average Bonchev–Trinajstić information content (AvgIpc) is 2.47. The molecular weight excluding hydrogens is 298 g/mol. The molecule has 0 unspecified atom stereocenters. The van der Waals surface area contributed by atoms with Crippen molar-refractivity contribution in [1.82, 2.24) is 0 Å². The number of unbranched alkanes of at least 4 members (excludes halogenated alkanes) is 4. The molecule has 4 heteroatoms. The van der Waals surface area contributed by atoms with E-state index in [-0.39, 0.29) is 0 Å². The van der Waals surface area contributed by atoms with Crippen LogP contribution in [0.4, 0.5) is 0 Å². The van der Waals surface area contributed by atoms with E-state index in [1.807, 2.05) is 0 Å². The van der Waals surface area contributed by atoms with Crippen LogP contribution in [0.5, 0.6) is 0 Å². The molecule has 0 bridgehead atoms. The third-order valence-electron chi connectivity index (χ3n) is 4.19. The van der Waals surface area contributed by atoms with Crippen LogP contribution in [0.1, 0.15) is 79.1 Å². The molecule has 0 aromatic heterocycles. The van der Waals surface area contributed by atoms with Crippen molar-refractivity contribution in [1.29, 1.82) is 0 Å². The molecule has 0 saturated heterocycles. The first kappa shape index (κ1) is 21.5. The van der Waals surface area contributed by atoms with Gasteiger partial charge < -0.3 is 9.13 Å². The van der Waals surface area contributed by atoms with Crippen molar-refractivity contribution in [2.45, 2.75) is 79.1 Å². The first-order chi connectivity index (χ1) is 9.95. The van der Waals surface area contributed by atoms with Gasteiger partial charge in [-0.3, -0.25) is 0 Å². The molecule has 0 radical (unpaired) electrons. The topological polar surface area (TPSA) is 34.1 Å². The Labute approximate surface area is 133 Å². The SMILES string of the molecule is CCCCP(=O)(CCCC)CP(=O)(CCCC)CCCC. The molecule has 0 aliphatic rings. The molecule has 0 aromatic rings. The monoisotopic (exact) mass is 336 g/mol. The Morgan fingerprint density at radius 1 is 0.524 bits per heavy atom. The van der Waals surface area contributed by atoms with Crippen molar-refractivity contribution in [3.8, 4) is 0 Å². The quantitative estimate of drug-likeness (QED) is 0.324. The highest BCUT2D eigenvalue weighted by atomic mass is 31.2. The lowest BCUT2D eigenvalue weighted by Gasteiger charge is -2.25. The molecule has 21 heavy (non-hydrogen) atoms. The van der Waals surface area contributed by atoms with Gasteiger partial charge in [0.15, 0.2) is 0 Å². The van der Waals surface area contributed by atoms with Gasteiger partial charge in [-0.05, 0) is 25.7 Å². The molecule has 128 valence electrons. The summed E-state index contributed by atoms with van der Waals surface area (Å²) in [6.45, 7) is 8.60. The van der Waals surface area contributed by atoms with Gasteiger partial charge in [0.05, 0.1) is 20.2 Å². The molecule has 0 N–H and O–H groups in total. The molecule has 0 aliphatic carbocycles. The Balaban J connectivity index is 4.90. The van der Waals surface area contributed by atoms with Crippen LogP contribution in [0.3, 0.4) is 0 Å². The molecule has 0 amide bonds. The fourth-order valence-electron chi connectivity index (χ4n) is 2.76. The Morgan fingerprint density at radius 2 is 0.762 bits per heavy atom. The largest absolute Gasteiger partial charge is 0.323 e. The second-order valence-electron chi connectivity index (χ2n) is 6.57. The number of rotatable bonds is 14. The van der Waals surface area contributed by atoms with Crippen molar-refractivity contribution >= 4 is 14.3 Å². The summed E-state index contributed by atoms with van der Waals surface area (Å²) in [4.78, 5) is 0. The zero-order valence-electron chi connectivity index (χ0n) is 14.9. The van der Waals surface area contributed by atoms with Crippen molar-refractivity contribution in [2.24, 2.45) is 0 Å². The lowest BCUT2D eigenvalue weighted by atomic mass is 10.4. The molecule has 0 saturated carbocycles. The molecule has 0 rings (SSSR count). The van der Waals surface area contributed by atoms with E-state index in [1.165, 1.54) is 0 Å². The van der Waals surface area contributed by atoms with Gasteiger partial charge in [-0.2, -0.15) is 0 Å². The van der Waals surface area contributed by atoms with Crippen molar-refractivity contribution in [3.05, 3.63) is 0 Å². The van der Waals surface area contributed by atoms with Gasteiger partial charge in [0.25, 0.3) is 0 Å². The maximum Gasteiger partial charge on any atom is 0.0947 e. The van der Waals surface area contributed by atoms with E-state index in [4.69, 9.17) is 0 Å². The normalized spacial score (nSPS) is 12.8. The fourth-order valence-corrected chi connectivity index (χ4v) is 12.8. The highest BCUT2D eigenvalue weighted by molar-refractivity contribution is 7.80. The Morgan fingerprint density at radius 3 is 0.952 bits per heavy atom. The summed E-state index contributed by atoms with van der Waals surface area (Å²) in [5.41, 5.74) is 0. The summed E-state index contributed by atoms with van der Waals surface area (Å²) in [5, 5.41) is 0. The highest BCUT2D eigenvalue weighted by Crippen LogP contribution is 2.62. The summed E-state index contributed by atoms with van der Waals surface area (Å²) >= 11 is 0. The van der Waals surface area contributed by atoms with Crippen molar-refractivity contribution < 1.29 is 9.13 Å². The first-order valence-corrected chi connectivity index (χ1v) is 13.6. The van der Waals surface area contributed by atoms with E-state index in [2.05, 4.69) is 27.7 Å². The molecule has 0 heterocycles. The molecular formula is C17H38O2P2. The average molecular weight is 336 g/mol. The maximum absolute atomic E-state index is 13.3. The molecule has 0 fully saturated rings. The van der Waals surface area contributed by atoms with Crippen molar-refractivity contribution in [3.63, 3.8) is 0 Å². The summed E-state index contributed by atoms with van der Waals surface area (Å²) in [6, 6.07) is 0. The van der Waals surface area contributed by atoms with Crippen LogP contribution in [0, 0.1) is 0 Å². The Kier molecular flexibility index (Phi) is 12.2. The Bertz CT molecular complexity index is 284. The van der Waals surface area contributed by atoms with Crippen LogP contribution in [0.15, 0.2) is 0 Å². The zero-order chi connectivity index (χ0) is 16.2. The maximum atomic E-state index is 13.3. The molecule has 2 nitrogen and oxygen atoms in total. The summed E-state index contributed by atoms with van der Waals surface area (Å²) in [6.07, 6.45) is 11.8. The number of hydrogen-bond acceptors (Lipinski definition) is 2. The van der Waals surface area contributed by atoms with Gasteiger partial charge >= 0.3 is 0 Å². The van der Waals surface area contributed by atoms with Crippen LogP contribution in [-0.4, -0.2) is 30.6 Å². The fraction of sp³-hybridized carbons (Fsp3) is 1.00. The van der Waals surface area contributed by atoms with E-state index in [0.717, 1.165) is 76.0 Å². The second kappa shape index (κ2) is 12.0. The summed E-state index contributed by atoms with van der Waals surface area (Å²) < 4.78 is 26.6. The summed E-state index contributed by atoms with van der Waals surface area (Å²) in [5.74, 6) is 0.569. The predicted molar refractivity (Wildman–Crippen MR) is 99.2 cm³/mol.